The third-order valence-corrected chi connectivity index (χ3v) is 4.37. The minimum atomic E-state index is -0.584. The monoisotopic (exact) mass is 351 g/mol. The van der Waals surface area contributed by atoms with Crippen molar-refractivity contribution in [3.63, 3.8) is 0 Å². The molecule has 0 fully saturated rings. The average Bonchev–Trinajstić information content (AvgIpc) is 3.03. The van der Waals surface area contributed by atoms with Crippen molar-refractivity contribution in [1.82, 2.24) is 19.8 Å². The van der Waals surface area contributed by atoms with Gasteiger partial charge in [0, 0.05) is 42.9 Å². The number of pyridine rings is 1. The number of benzene rings is 1. The van der Waals surface area contributed by atoms with E-state index in [4.69, 9.17) is 5.21 Å². The quantitative estimate of drug-likeness (QED) is 0.489. The molecule has 1 aliphatic rings. The summed E-state index contributed by atoms with van der Waals surface area (Å²) >= 11 is 0. The molecular weight excluding hydrogens is 334 g/mol. The largest absolute Gasteiger partial charge is 0.325 e. The Balaban J connectivity index is 1.61. The molecule has 0 radical (unpaired) electrons. The molecule has 0 unspecified atom stereocenters. The Kier molecular flexibility index (Phi) is 4.11. The molecule has 3 aromatic rings. The number of hydrogen-bond acceptors (Lipinski definition) is 5. The lowest BCUT2D eigenvalue weighted by molar-refractivity contribution is -0.117. The van der Waals surface area contributed by atoms with E-state index in [0.717, 1.165) is 16.8 Å². The van der Waals surface area contributed by atoms with Crippen molar-refractivity contribution in [3.8, 4) is 0 Å². The van der Waals surface area contributed by atoms with Crippen LogP contribution in [0.25, 0.3) is 5.65 Å². The lowest BCUT2D eigenvalue weighted by Crippen LogP contribution is -2.29. The van der Waals surface area contributed by atoms with Gasteiger partial charge in [0.25, 0.3) is 5.91 Å². The topological polar surface area (TPSA) is 99.0 Å². The van der Waals surface area contributed by atoms with Gasteiger partial charge in [-0.05, 0) is 41.5 Å². The standard InChI is InChI=1S/C18H17N5O3/c24-17-11-22(9-12-3-5-23-6-4-19-16(23)7-12)10-14-8-13(18(25)21-26)1-2-15(14)20-17/h1-8,26H,9-11H2,(H,20,24)(H,21,25). The van der Waals surface area contributed by atoms with E-state index in [1.165, 1.54) is 0 Å². The van der Waals surface area contributed by atoms with Gasteiger partial charge in [0.1, 0.15) is 5.65 Å². The Morgan fingerprint density at radius 3 is 2.96 bits per heavy atom. The first-order valence-electron chi connectivity index (χ1n) is 8.13. The van der Waals surface area contributed by atoms with Crippen LogP contribution in [0.5, 0.6) is 0 Å². The fourth-order valence-electron chi connectivity index (χ4n) is 3.16. The third kappa shape index (κ3) is 3.15. The lowest BCUT2D eigenvalue weighted by atomic mass is 10.1. The van der Waals surface area contributed by atoms with Gasteiger partial charge in [0.15, 0.2) is 0 Å². The molecule has 1 aromatic carbocycles. The molecule has 26 heavy (non-hydrogen) atoms. The number of aromatic nitrogens is 2. The van der Waals surface area contributed by atoms with Crippen LogP contribution in [0.1, 0.15) is 21.5 Å². The predicted octanol–water partition coefficient (Wildman–Crippen LogP) is 1.41. The van der Waals surface area contributed by atoms with Crippen LogP contribution < -0.4 is 10.8 Å². The third-order valence-electron chi connectivity index (χ3n) is 4.37. The van der Waals surface area contributed by atoms with E-state index in [1.54, 1.807) is 29.9 Å². The Morgan fingerprint density at radius 2 is 2.12 bits per heavy atom. The SMILES string of the molecule is O=C1CN(Cc2ccn3ccnc3c2)Cc2cc(C(=O)NO)ccc2N1. The zero-order valence-corrected chi connectivity index (χ0v) is 13.8. The van der Waals surface area contributed by atoms with E-state index in [9.17, 15) is 9.59 Å². The van der Waals surface area contributed by atoms with Crippen LogP contribution in [0.3, 0.4) is 0 Å². The molecule has 0 bridgehead atoms. The molecule has 0 atom stereocenters. The van der Waals surface area contributed by atoms with Gasteiger partial charge >= 0.3 is 0 Å². The molecule has 8 heteroatoms. The number of rotatable bonds is 3. The maximum Gasteiger partial charge on any atom is 0.274 e. The molecule has 8 nitrogen and oxygen atoms in total. The van der Waals surface area contributed by atoms with Gasteiger partial charge in [-0.3, -0.25) is 19.7 Å². The van der Waals surface area contributed by atoms with Gasteiger partial charge in [0.05, 0.1) is 6.54 Å². The molecule has 4 rings (SSSR count). The van der Waals surface area contributed by atoms with Crippen LogP contribution in [0.4, 0.5) is 5.69 Å². The molecule has 3 heterocycles. The molecule has 2 amide bonds. The van der Waals surface area contributed by atoms with Crippen molar-refractivity contribution in [2.24, 2.45) is 0 Å². The Labute approximate surface area is 149 Å². The second-order valence-corrected chi connectivity index (χ2v) is 6.23. The van der Waals surface area contributed by atoms with Gasteiger partial charge < -0.3 is 9.72 Å². The molecule has 132 valence electrons. The number of hydroxylamine groups is 1. The van der Waals surface area contributed by atoms with Gasteiger partial charge in [0.2, 0.25) is 5.91 Å². The van der Waals surface area contributed by atoms with E-state index in [1.807, 2.05) is 33.8 Å². The first-order valence-corrected chi connectivity index (χ1v) is 8.13. The summed E-state index contributed by atoms with van der Waals surface area (Å²) in [4.78, 5) is 30.1. The smallest absolute Gasteiger partial charge is 0.274 e. The number of carbonyl (C=O) groups excluding carboxylic acids is 2. The Morgan fingerprint density at radius 1 is 1.23 bits per heavy atom. The number of carbonyl (C=O) groups is 2. The fraction of sp³-hybridized carbons (Fsp3) is 0.167. The first-order chi connectivity index (χ1) is 12.6. The average molecular weight is 351 g/mol. The minimum absolute atomic E-state index is 0.106. The zero-order chi connectivity index (χ0) is 18.1. The van der Waals surface area contributed by atoms with Crippen LogP contribution in [0.15, 0.2) is 48.9 Å². The van der Waals surface area contributed by atoms with Crippen molar-refractivity contribution in [3.05, 3.63) is 65.6 Å². The maximum atomic E-state index is 12.2. The molecular formula is C18H17N5O3. The first kappa shape index (κ1) is 16.2. The highest BCUT2D eigenvalue weighted by molar-refractivity contribution is 5.97. The van der Waals surface area contributed by atoms with Crippen LogP contribution >= 0.6 is 0 Å². The van der Waals surface area contributed by atoms with Crippen molar-refractivity contribution >= 4 is 23.1 Å². The summed E-state index contributed by atoms with van der Waals surface area (Å²) in [5.41, 5.74) is 5.35. The lowest BCUT2D eigenvalue weighted by Gasteiger charge is -2.19. The minimum Gasteiger partial charge on any atom is -0.325 e. The summed E-state index contributed by atoms with van der Waals surface area (Å²) < 4.78 is 1.92. The van der Waals surface area contributed by atoms with Gasteiger partial charge in [-0.1, -0.05) is 0 Å². The highest BCUT2D eigenvalue weighted by Gasteiger charge is 2.20. The molecule has 0 saturated carbocycles. The van der Waals surface area contributed by atoms with E-state index < -0.39 is 5.91 Å². The molecule has 3 N–H and O–H groups in total. The number of fused-ring (bicyclic) bond motifs is 2. The predicted molar refractivity (Wildman–Crippen MR) is 93.6 cm³/mol. The number of hydrogen-bond donors (Lipinski definition) is 3. The maximum absolute atomic E-state index is 12.2. The highest BCUT2D eigenvalue weighted by atomic mass is 16.5. The second-order valence-electron chi connectivity index (χ2n) is 6.23. The van der Waals surface area contributed by atoms with Gasteiger partial charge in [-0.25, -0.2) is 10.5 Å². The second kappa shape index (κ2) is 6.58. The van der Waals surface area contributed by atoms with Crippen molar-refractivity contribution in [1.29, 1.82) is 0 Å². The van der Waals surface area contributed by atoms with Crippen molar-refractivity contribution < 1.29 is 14.8 Å². The van der Waals surface area contributed by atoms with E-state index >= 15 is 0 Å². The molecule has 0 saturated heterocycles. The van der Waals surface area contributed by atoms with E-state index in [0.29, 0.717) is 24.3 Å². The molecule has 0 aliphatic carbocycles. The molecule has 2 aromatic heterocycles. The number of anilines is 1. The Bertz CT molecular complexity index is 997. The number of nitrogens with one attached hydrogen (secondary N) is 2. The normalized spacial score (nSPS) is 14.6. The molecule has 1 aliphatic heterocycles. The van der Waals surface area contributed by atoms with E-state index in [-0.39, 0.29) is 12.5 Å². The molecule has 0 spiro atoms. The summed E-state index contributed by atoms with van der Waals surface area (Å²) in [5, 5.41) is 11.7. The van der Waals surface area contributed by atoms with Crippen LogP contribution in [-0.2, 0) is 17.9 Å². The van der Waals surface area contributed by atoms with Crippen LogP contribution in [0.2, 0.25) is 0 Å². The summed E-state index contributed by atoms with van der Waals surface area (Å²) in [6, 6.07) is 8.90. The fourth-order valence-corrected chi connectivity index (χ4v) is 3.16. The number of imidazole rings is 1. The van der Waals surface area contributed by atoms with Crippen molar-refractivity contribution in [2.45, 2.75) is 13.1 Å². The summed E-state index contributed by atoms with van der Waals surface area (Å²) in [6.07, 6.45) is 5.55. The number of amides is 2. The van der Waals surface area contributed by atoms with E-state index in [2.05, 4.69) is 10.3 Å². The van der Waals surface area contributed by atoms with Crippen LogP contribution in [-0.4, -0.2) is 37.9 Å². The van der Waals surface area contributed by atoms with Gasteiger partial charge in [-0.2, -0.15) is 0 Å². The highest BCUT2D eigenvalue weighted by Crippen LogP contribution is 2.23. The van der Waals surface area contributed by atoms with Crippen molar-refractivity contribution in [2.75, 3.05) is 11.9 Å². The van der Waals surface area contributed by atoms with Gasteiger partial charge in [-0.15, -0.1) is 0 Å². The summed E-state index contributed by atoms with van der Waals surface area (Å²) in [5.74, 6) is -0.690. The van der Waals surface area contributed by atoms with Crippen LogP contribution in [0, 0.1) is 0 Å². The number of nitrogens with zero attached hydrogens (tertiary/aromatic N) is 3. The summed E-state index contributed by atoms with van der Waals surface area (Å²) in [6.45, 7) is 1.32. The Hall–Kier alpha value is -3.23. The summed E-state index contributed by atoms with van der Waals surface area (Å²) in [7, 11) is 0. The zero-order valence-electron chi connectivity index (χ0n) is 13.8.